The van der Waals surface area contributed by atoms with E-state index < -0.39 is 9.84 Å². The van der Waals surface area contributed by atoms with Crippen molar-refractivity contribution in [2.75, 3.05) is 19.4 Å². The van der Waals surface area contributed by atoms with Gasteiger partial charge in [-0.2, -0.15) is 0 Å². The molecule has 0 bridgehead atoms. The van der Waals surface area contributed by atoms with Crippen LogP contribution in [0.4, 0.5) is 0 Å². The van der Waals surface area contributed by atoms with Crippen LogP contribution < -0.4 is 10.1 Å². The maximum Gasteiger partial charge on any atom is 0.175 e. The Kier molecular flexibility index (Phi) is 5.24. The standard InChI is InChI=1S/C15H23NO4S/c1-4-16-13-10-14(15(13)19-5-2)20-11-6-8-12(9-7-11)21(3,17)18/h6-9,13-16H,4-5,10H2,1-3H3. The fraction of sp³-hybridized carbons (Fsp3) is 0.600. The van der Waals surface area contributed by atoms with E-state index in [1.165, 1.54) is 6.26 Å². The molecule has 1 fully saturated rings. The van der Waals surface area contributed by atoms with Crippen molar-refractivity contribution >= 4 is 9.84 Å². The summed E-state index contributed by atoms with van der Waals surface area (Å²) in [7, 11) is -3.17. The molecule has 0 amide bonds. The van der Waals surface area contributed by atoms with Gasteiger partial charge in [-0.15, -0.1) is 0 Å². The maximum absolute atomic E-state index is 11.4. The molecule has 21 heavy (non-hydrogen) atoms. The van der Waals surface area contributed by atoms with E-state index in [1.807, 2.05) is 6.92 Å². The predicted molar refractivity (Wildman–Crippen MR) is 81.5 cm³/mol. The van der Waals surface area contributed by atoms with E-state index in [2.05, 4.69) is 12.2 Å². The SMILES string of the molecule is CCNC1CC(Oc2ccc(S(C)(=O)=O)cc2)C1OCC. The number of likely N-dealkylation sites (N-methyl/N-ethyl adjacent to an activating group) is 1. The third-order valence-electron chi connectivity index (χ3n) is 3.61. The molecule has 1 aliphatic carbocycles. The molecule has 1 aliphatic rings. The first-order valence-electron chi connectivity index (χ1n) is 7.27. The molecular formula is C15H23NO4S. The lowest BCUT2D eigenvalue weighted by atomic mass is 9.85. The molecule has 1 saturated carbocycles. The van der Waals surface area contributed by atoms with Crippen molar-refractivity contribution in [2.24, 2.45) is 0 Å². The second-order valence-corrected chi connectivity index (χ2v) is 7.24. The summed E-state index contributed by atoms with van der Waals surface area (Å²) in [5.74, 6) is 0.673. The largest absolute Gasteiger partial charge is 0.488 e. The van der Waals surface area contributed by atoms with Crippen LogP contribution in [-0.4, -0.2) is 46.1 Å². The summed E-state index contributed by atoms with van der Waals surface area (Å²) in [5, 5.41) is 3.38. The zero-order chi connectivity index (χ0) is 15.5. The highest BCUT2D eigenvalue weighted by Gasteiger charge is 2.43. The van der Waals surface area contributed by atoms with E-state index in [-0.39, 0.29) is 12.2 Å². The molecule has 3 atom stereocenters. The lowest BCUT2D eigenvalue weighted by Gasteiger charge is -2.44. The first-order chi connectivity index (χ1) is 9.95. The highest BCUT2D eigenvalue weighted by molar-refractivity contribution is 7.90. The number of rotatable bonds is 7. The van der Waals surface area contributed by atoms with Gasteiger partial charge >= 0.3 is 0 Å². The minimum atomic E-state index is -3.17. The molecule has 118 valence electrons. The quantitative estimate of drug-likeness (QED) is 0.829. The van der Waals surface area contributed by atoms with Gasteiger partial charge in [0, 0.05) is 25.3 Å². The van der Waals surface area contributed by atoms with Gasteiger partial charge in [-0.25, -0.2) is 8.42 Å². The van der Waals surface area contributed by atoms with Crippen molar-refractivity contribution in [1.29, 1.82) is 0 Å². The fourth-order valence-electron chi connectivity index (χ4n) is 2.51. The Morgan fingerprint density at radius 2 is 1.90 bits per heavy atom. The minimum Gasteiger partial charge on any atom is -0.488 e. The highest BCUT2D eigenvalue weighted by atomic mass is 32.2. The van der Waals surface area contributed by atoms with E-state index in [1.54, 1.807) is 24.3 Å². The molecule has 0 saturated heterocycles. The summed E-state index contributed by atoms with van der Waals surface area (Å²) in [6, 6.07) is 6.86. The van der Waals surface area contributed by atoms with Gasteiger partial charge < -0.3 is 14.8 Å². The summed E-state index contributed by atoms with van der Waals surface area (Å²) in [6.45, 7) is 5.60. The van der Waals surface area contributed by atoms with Crippen LogP contribution in [0.1, 0.15) is 20.3 Å². The third-order valence-corrected chi connectivity index (χ3v) is 4.74. The molecule has 0 spiro atoms. The maximum atomic E-state index is 11.4. The Morgan fingerprint density at radius 1 is 1.24 bits per heavy atom. The van der Waals surface area contributed by atoms with Gasteiger partial charge in [-0.3, -0.25) is 0 Å². The summed E-state index contributed by atoms with van der Waals surface area (Å²) in [5.41, 5.74) is 0. The Bertz CT molecular complexity index is 556. The fourth-order valence-corrected chi connectivity index (χ4v) is 3.15. The molecule has 0 radical (unpaired) electrons. The Labute approximate surface area is 126 Å². The zero-order valence-electron chi connectivity index (χ0n) is 12.7. The number of hydrogen-bond donors (Lipinski definition) is 1. The van der Waals surface area contributed by atoms with Crippen LogP contribution in [0, 0.1) is 0 Å². The molecular weight excluding hydrogens is 290 g/mol. The first kappa shape index (κ1) is 16.3. The molecule has 1 aromatic carbocycles. The Hall–Kier alpha value is -1.11. The van der Waals surface area contributed by atoms with Gasteiger partial charge in [0.05, 0.1) is 4.90 Å². The van der Waals surface area contributed by atoms with Crippen LogP contribution >= 0.6 is 0 Å². The molecule has 6 heteroatoms. The van der Waals surface area contributed by atoms with Crippen LogP contribution in [-0.2, 0) is 14.6 Å². The number of hydrogen-bond acceptors (Lipinski definition) is 5. The molecule has 1 aromatic rings. The summed E-state index contributed by atoms with van der Waals surface area (Å²) in [4.78, 5) is 0.301. The van der Waals surface area contributed by atoms with Crippen LogP contribution in [0.5, 0.6) is 5.75 Å². The smallest absolute Gasteiger partial charge is 0.175 e. The van der Waals surface area contributed by atoms with Gasteiger partial charge in [0.15, 0.2) is 9.84 Å². The van der Waals surface area contributed by atoms with Crippen molar-refractivity contribution in [3.8, 4) is 5.75 Å². The summed E-state index contributed by atoms with van der Waals surface area (Å²) in [6.07, 6.45) is 2.15. The van der Waals surface area contributed by atoms with Crippen molar-refractivity contribution < 1.29 is 17.9 Å². The lowest BCUT2D eigenvalue weighted by Crippen LogP contribution is -2.61. The highest BCUT2D eigenvalue weighted by Crippen LogP contribution is 2.29. The van der Waals surface area contributed by atoms with E-state index in [9.17, 15) is 8.42 Å². The molecule has 5 nitrogen and oxygen atoms in total. The van der Waals surface area contributed by atoms with Crippen LogP contribution in [0.3, 0.4) is 0 Å². The molecule has 3 unspecified atom stereocenters. The number of ether oxygens (including phenoxy) is 2. The first-order valence-corrected chi connectivity index (χ1v) is 9.16. The van der Waals surface area contributed by atoms with Crippen LogP contribution in [0.25, 0.3) is 0 Å². The van der Waals surface area contributed by atoms with Gasteiger partial charge in [0.25, 0.3) is 0 Å². The van der Waals surface area contributed by atoms with Crippen molar-refractivity contribution in [3.63, 3.8) is 0 Å². The van der Waals surface area contributed by atoms with Gasteiger partial charge in [0.1, 0.15) is 18.0 Å². The zero-order valence-corrected chi connectivity index (χ0v) is 13.5. The minimum absolute atomic E-state index is 0.0121. The van der Waals surface area contributed by atoms with Crippen molar-refractivity contribution in [1.82, 2.24) is 5.32 Å². The predicted octanol–water partition coefficient (Wildman–Crippen LogP) is 1.62. The second-order valence-electron chi connectivity index (χ2n) is 5.22. The number of sulfone groups is 1. The van der Waals surface area contributed by atoms with Gasteiger partial charge in [-0.1, -0.05) is 6.92 Å². The Morgan fingerprint density at radius 3 is 2.43 bits per heavy atom. The molecule has 1 N–H and O–H groups in total. The van der Waals surface area contributed by atoms with Gasteiger partial charge in [-0.05, 0) is 37.7 Å². The topological polar surface area (TPSA) is 64.6 Å². The van der Waals surface area contributed by atoms with E-state index in [4.69, 9.17) is 9.47 Å². The number of nitrogens with one attached hydrogen (secondary N) is 1. The summed E-state index contributed by atoms with van der Waals surface area (Å²) < 4.78 is 34.5. The molecule has 0 heterocycles. The average Bonchev–Trinajstić information content (AvgIpc) is 2.43. The lowest BCUT2D eigenvalue weighted by molar-refractivity contribution is -0.104. The molecule has 2 rings (SSSR count). The van der Waals surface area contributed by atoms with Gasteiger partial charge in [0.2, 0.25) is 0 Å². The van der Waals surface area contributed by atoms with E-state index in [0.717, 1.165) is 13.0 Å². The number of benzene rings is 1. The van der Waals surface area contributed by atoms with E-state index >= 15 is 0 Å². The molecule has 0 aromatic heterocycles. The van der Waals surface area contributed by atoms with E-state index in [0.29, 0.717) is 23.3 Å². The van der Waals surface area contributed by atoms with Crippen molar-refractivity contribution in [2.45, 2.75) is 43.4 Å². The second kappa shape index (κ2) is 6.77. The van der Waals surface area contributed by atoms with Crippen LogP contribution in [0.15, 0.2) is 29.2 Å². The average molecular weight is 313 g/mol. The normalized spacial score (nSPS) is 25.4. The summed E-state index contributed by atoms with van der Waals surface area (Å²) >= 11 is 0. The van der Waals surface area contributed by atoms with Crippen LogP contribution in [0.2, 0.25) is 0 Å². The van der Waals surface area contributed by atoms with Crippen molar-refractivity contribution in [3.05, 3.63) is 24.3 Å². The monoisotopic (exact) mass is 313 g/mol. The Balaban J connectivity index is 1.98. The molecule has 0 aliphatic heterocycles. The third kappa shape index (κ3) is 3.96.